The van der Waals surface area contributed by atoms with E-state index in [1.54, 1.807) is 18.2 Å². The van der Waals surface area contributed by atoms with Gasteiger partial charge in [-0.25, -0.2) is 18.2 Å². The van der Waals surface area contributed by atoms with E-state index in [0.29, 0.717) is 22.0 Å². The smallest absolute Gasteiger partial charge is 0.308 e. The maximum atomic E-state index is 12.1. The number of thiazole rings is 1. The Balaban J connectivity index is 1.72. The lowest BCUT2D eigenvalue weighted by atomic mass is 10.2. The second-order valence-electron chi connectivity index (χ2n) is 5.52. The van der Waals surface area contributed by atoms with Crippen LogP contribution in [0.4, 0.5) is 21.3 Å². The molecule has 0 saturated carbocycles. The number of carbonyl (C=O) groups is 1. The molecule has 2 amide bonds. The van der Waals surface area contributed by atoms with E-state index >= 15 is 0 Å². The molecule has 3 aromatic rings. The molecule has 1 aromatic heterocycles. The molecule has 0 bridgehead atoms. The van der Waals surface area contributed by atoms with Gasteiger partial charge in [0.2, 0.25) is 10.0 Å². The van der Waals surface area contributed by atoms with E-state index in [-0.39, 0.29) is 6.03 Å². The Morgan fingerprint density at radius 2 is 1.68 bits per heavy atom. The van der Waals surface area contributed by atoms with Crippen LogP contribution in [-0.2, 0) is 10.0 Å². The molecule has 7 nitrogen and oxygen atoms in total. The van der Waals surface area contributed by atoms with Crippen molar-refractivity contribution in [3.8, 4) is 0 Å². The molecular weight excluding hydrogens is 360 g/mol. The third-order valence-electron chi connectivity index (χ3n) is 3.23. The third kappa shape index (κ3) is 4.68. The van der Waals surface area contributed by atoms with Gasteiger partial charge in [0.05, 0.1) is 16.5 Å². The number of rotatable bonds is 4. The molecule has 0 radical (unpaired) electrons. The summed E-state index contributed by atoms with van der Waals surface area (Å²) in [4.78, 5) is 16.3. The monoisotopic (exact) mass is 376 g/mol. The van der Waals surface area contributed by atoms with Gasteiger partial charge >= 0.3 is 6.03 Å². The minimum atomic E-state index is -3.37. The van der Waals surface area contributed by atoms with Gasteiger partial charge in [-0.3, -0.25) is 4.72 Å². The first-order chi connectivity index (χ1) is 11.8. The molecule has 2 aromatic carbocycles. The van der Waals surface area contributed by atoms with Crippen LogP contribution < -0.4 is 15.4 Å². The summed E-state index contributed by atoms with van der Waals surface area (Å²) in [5, 5.41) is 5.78. The molecule has 0 aliphatic carbocycles. The summed E-state index contributed by atoms with van der Waals surface area (Å²) in [5.74, 6) is 0. The quantitative estimate of drug-likeness (QED) is 0.647. The predicted molar refractivity (Wildman–Crippen MR) is 102 cm³/mol. The molecule has 9 heteroatoms. The fourth-order valence-corrected chi connectivity index (χ4v) is 3.88. The SMILES string of the molecule is Cc1ccc(NC(=O)Nc2ccc3nc(NS(C)(=O)=O)sc3c2)cc1. The van der Waals surface area contributed by atoms with Crippen molar-refractivity contribution < 1.29 is 13.2 Å². The molecule has 0 atom stereocenters. The van der Waals surface area contributed by atoms with Gasteiger partial charge < -0.3 is 10.6 Å². The minimum absolute atomic E-state index is 0.291. The van der Waals surface area contributed by atoms with Crippen LogP contribution in [0.1, 0.15) is 5.56 Å². The summed E-state index contributed by atoms with van der Waals surface area (Å²) in [6, 6.07) is 12.3. The Bertz CT molecular complexity index is 1030. The molecule has 25 heavy (non-hydrogen) atoms. The van der Waals surface area contributed by atoms with E-state index in [0.717, 1.165) is 16.5 Å². The summed E-state index contributed by atoms with van der Waals surface area (Å²) in [5.41, 5.74) is 3.05. The fourth-order valence-electron chi connectivity index (χ4n) is 2.13. The number of amides is 2. The van der Waals surface area contributed by atoms with Gasteiger partial charge in [-0.2, -0.15) is 0 Å². The van der Waals surface area contributed by atoms with Crippen LogP contribution >= 0.6 is 11.3 Å². The number of benzene rings is 2. The molecule has 0 unspecified atom stereocenters. The van der Waals surface area contributed by atoms with Crippen molar-refractivity contribution in [2.45, 2.75) is 6.92 Å². The van der Waals surface area contributed by atoms with Crippen molar-refractivity contribution in [1.29, 1.82) is 0 Å². The molecule has 0 saturated heterocycles. The van der Waals surface area contributed by atoms with Crippen molar-refractivity contribution in [3.05, 3.63) is 48.0 Å². The number of hydrogen-bond donors (Lipinski definition) is 3. The highest BCUT2D eigenvalue weighted by Gasteiger charge is 2.10. The fraction of sp³-hybridized carbons (Fsp3) is 0.125. The number of sulfonamides is 1. The second-order valence-corrected chi connectivity index (χ2v) is 8.30. The van der Waals surface area contributed by atoms with E-state index < -0.39 is 10.0 Å². The van der Waals surface area contributed by atoms with Gasteiger partial charge in [-0.05, 0) is 37.3 Å². The van der Waals surface area contributed by atoms with Crippen molar-refractivity contribution in [3.63, 3.8) is 0 Å². The molecule has 130 valence electrons. The van der Waals surface area contributed by atoms with E-state index in [2.05, 4.69) is 20.3 Å². The van der Waals surface area contributed by atoms with Crippen molar-refractivity contribution in [2.75, 3.05) is 21.6 Å². The first-order valence-electron chi connectivity index (χ1n) is 7.31. The van der Waals surface area contributed by atoms with Crippen LogP contribution in [-0.4, -0.2) is 25.7 Å². The predicted octanol–water partition coefficient (Wildman–Crippen LogP) is 3.62. The number of carbonyl (C=O) groups excluding carboxylic acids is 1. The number of nitrogens with one attached hydrogen (secondary N) is 3. The average Bonchev–Trinajstić information content (AvgIpc) is 2.88. The third-order valence-corrected chi connectivity index (χ3v) is 4.86. The number of aryl methyl sites for hydroxylation is 1. The van der Waals surface area contributed by atoms with Gasteiger partial charge in [0, 0.05) is 11.4 Å². The van der Waals surface area contributed by atoms with Crippen LogP contribution in [0.3, 0.4) is 0 Å². The van der Waals surface area contributed by atoms with Crippen LogP contribution in [0.2, 0.25) is 0 Å². The zero-order valence-corrected chi connectivity index (χ0v) is 15.2. The molecule has 0 aliphatic rings. The molecule has 0 aliphatic heterocycles. The Kier molecular flexibility index (Phi) is 4.60. The van der Waals surface area contributed by atoms with Crippen LogP contribution in [0.25, 0.3) is 10.2 Å². The summed E-state index contributed by atoms with van der Waals surface area (Å²) < 4.78 is 25.7. The summed E-state index contributed by atoms with van der Waals surface area (Å²) in [6.45, 7) is 1.97. The second kappa shape index (κ2) is 6.69. The number of nitrogens with zero attached hydrogens (tertiary/aromatic N) is 1. The van der Waals surface area contributed by atoms with Crippen molar-refractivity contribution >= 4 is 54.1 Å². The van der Waals surface area contributed by atoms with E-state index in [4.69, 9.17) is 0 Å². The van der Waals surface area contributed by atoms with E-state index in [9.17, 15) is 13.2 Å². The topological polar surface area (TPSA) is 100 Å². The van der Waals surface area contributed by atoms with Crippen LogP contribution in [0.15, 0.2) is 42.5 Å². The molecule has 3 N–H and O–H groups in total. The maximum Gasteiger partial charge on any atom is 0.323 e. The Labute approximate surface area is 149 Å². The zero-order valence-electron chi connectivity index (χ0n) is 13.5. The van der Waals surface area contributed by atoms with Crippen LogP contribution in [0.5, 0.6) is 0 Å². The Morgan fingerprint density at radius 3 is 2.36 bits per heavy atom. The van der Waals surface area contributed by atoms with E-state index in [1.807, 2.05) is 31.2 Å². The highest BCUT2D eigenvalue weighted by Crippen LogP contribution is 2.28. The summed E-state index contributed by atoms with van der Waals surface area (Å²) in [6.07, 6.45) is 1.07. The standard InChI is InChI=1S/C16H16N4O3S2/c1-10-3-5-11(6-4-10)17-15(21)18-12-7-8-13-14(9-12)24-16(19-13)20-25(2,22)23/h3-9H,1-2H3,(H,19,20)(H2,17,18,21). The minimum Gasteiger partial charge on any atom is -0.308 e. The first kappa shape index (κ1) is 17.2. The van der Waals surface area contributed by atoms with Crippen molar-refractivity contribution in [1.82, 2.24) is 4.98 Å². The Morgan fingerprint density at radius 1 is 1.04 bits per heavy atom. The lowest BCUT2D eigenvalue weighted by Gasteiger charge is -2.07. The summed E-state index contributed by atoms with van der Waals surface area (Å²) in [7, 11) is -3.37. The highest BCUT2D eigenvalue weighted by atomic mass is 32.2. The summed E-state index contributed by atoms with van der Waals surface area (Å²) >= 11 is 1.20. The molecule has 3 rings (SSSR count). The highest BCUT2D eigenvalue weighted by molar-refractivity contribution is 7.92. The maximum absolute atomic E-state index is 12.1. The molecule has 0 fully saturated rings. The van der Waals surface area contributed by atoms with Gasteiger partial charge in [-0.15, -0.1) is 0 Å². The van der Waals surface area contributed by atoms with Gasteiger partial charge in [0.15, 0.2) is 5.13 Å². The number of aromatic nitrogens is 1. The molecular formula is C16H16N4O3S2. The largest absolute Gasteiger partial charge is 0.323 e. The lowest BCUT2D eigenvalue weighted by Crippen LogP contribution is -2.19. The average molecular weight is 376 g/mol. The van der Waals surface area contributed by atoms with Gasteiger partial charge in [0.25, 0.3) is 0 Å². The van der Waals surface area contributed by atoms with Crippen LogP contribution in [0, 0.1) is 6.92 Å². The number of anilines is 3. The molecule has 1 heterocycles. The number of fused-ring (bicyclic) bond motifs is 1. The lowest BCUT2D eigenvalue weighted by molar-refractivity contribution is 0.262. The molecule has 0 spiro atoms. The number of hydrogen-bond acceptors (Lipinski definition) is 5. The van der Waals surface area contributed by atoms with Gasteiger partial charge in [-0.1, -0.05) is 29.0 Å². The number of urea groups is 1. The van der Waals surface area contributed by atoms with Crippen molar-refractivity contribution in [2.24, 2.45) is 0 Å². The Hall–Kier alpha value is -2.65. The normalized spacial score (nSPS) is 11.3. The zero-order chi connectivity index (χ0) is 18.0. The van der Waals surface area contributed by atoms with E-state index in [1.165, 1.54) is 11.3 Å². The first-order valence-corrected chi connectivity index (χ1v) is 10.0. The van der Waals surface area contributed by atoms with Gasteiger partial charge in [0.1, 0.15) is 0 Å².